The van der Waals surface area contributed by atoms with E-state index in [-0.39, 0.29) is 0 Å². The van der Waals surface area contributed by atoms with Crippen molar-refractivity contribution >= 4 is 38.4 Å². The summed E-state index contributed by atoms with van der Waals surface area (Å²) in [6.07, 6.45) is 2.25. The van der Waals surface area contributed by atoms with Gasteiger partial charge in [0, 0.05) is 0 Å². The Bertz CT molecular complexity index is 1000. The molecule has 0 saturated heterocycles. The van der Waals surface area contributed by atoms with Gasteiger partial charge in [-0.15, -0.1) is 0 Å². The van der Waals surface area contributed by atoms with Crippen molar-refractivity contribution in [3.8, 4) is 0 Å². The Hall–Kier alpha value is -2.34. The van der Waals surface area contributed by atoms with E-state index in [2.05, 4.69) is 74.5 Å². The van der Waals surface area contributed by atoms with Gasteiger partial charge in [0.1, 0.15) is 0 Å². The van der Waals surface area contributed by atoms with Crippen LogP contribution in [-0.2, 0) is 0 Å². The molecule has 0 nitrogen and oxygen atoms in total. The molecule has 0 aliphatic carbocycles. The molecule has 96 valence electrons. The van der Waals surface area contributed by atoms with Gasteiger partial charge in [0.15, 0.2) is 0 Å². The first-order valence-electron chi connectivity index (χ1n) is 7.10. The molecule has 0 aliphatic rings. The van der Waals surface area contributed by atoms with E-state index >= 15 is 0 Å². The largest absolute Gasteiger partial charge is 0.0791 e. The van der Waals surface area contributed by atoms with Crippen LogP contribution in [0.1, 0.15) is 12.5 Å². The first-order valence-corrected chi connectivity index (χ1v) is 7.10. The Morgan fingerprint density at radius 3 is 2.00 bits per heavy atom. The molecule has 0 amide bonds. The van der Waals surface area contributed by atoms with Crippen LogP contribution in [0.5, 0.6) is 0 Å². The molecule has 0 heteroatoms. The molecule has 0 spiro atoms. The third-order valence-corrected chi connectivity index (χ3v) is 4.32. The topological polar surface area (TPSA) is 0 Å². The fourth-order valence-electron chi connectivity index (χ4n) is 3.47. The third kappa shape index (κ3) is 1.36. The maximum Gasteiger partial charge on any atom is -0.00265 e. The van der Waals surface area contributed by atoms with E-state index in [0.29, 0.717) is 0 Å². The van der Waals surface area contributed by atoms with E-state index in [1.54, 1.807) is 0 Å². The smallest absolute Gasteiger partial charge is 0.00265 e. The highest BCUT2D eigenvalue weighted by Crippen LogP contribution is 2.31. The molecule has 0 aromatic heterocycles. The van der Waals surface area contributed by atoms with Gasteiger partial charge in [0.05, 0.1) is 0 Å². The molecule has 0 saturated carbocycles. The number of rotatable bonds is 0. The molecular formula is C20H16. The van der Waals surface area contributed by atoms with Gasteiger partial charge in [-0.3, -0.25) is 0 Å². The normalized spacial score (nSPS) is 12.8. The van der Waals surface area contributed by atoms with Crippen molar-refractivity contribution in [3.05, 3.63) is 65.4 Å². The van der Waals surface area contributed by atoms with E-state index in [1.807, 2.05) is 0 Å². The lowest BCUT2D eigenvalue weighted by molar-refractivity contribution is 1.53. The molecule has 0 bridgehead atoms. The molecule has 0 N–H and O–H groups in total. The molecule has 0 radical (unpaired) electrons. The second-order valence-corrected chi connectivity index (χ2v) is 5.41. The van der Waals surface area contributed by atoms with Crippen LogP contribution in [0.2, 0.25) is 0 Å². The van der Waals surface area contributed by atoms with Crippen molar-refractivity contribution in [3.63, 3.8) is 0 Å². The summed E-state index contributed by atoms with van der Waals surface area (Å²) in [4.78, 5) is 0. The number of hydrogen-bond donors (Lipinski definition) is 0. The lowest BCUT2D eigenvalue weighted by Crippen LogP contribution is -2.06. The molecule has 0 unspecified atom stereocenters. The van der Waals surface area contributed by atoms with Crippen LogP contribution in [0, 0.1) is 6.92 Å². The van der Waals surface area contributed by atoms with Crippen LogP contribution in [0.3, 0.4) is 0 Å². The van der Waals surface area contributed by atoms with E-state index in [0.717, 1.165) is 0 Å². The fraction of sp³-hybridized carbons (Fsp3) is 0.100. The van der Waals surface area contributed by atoms with Crippen LogP contribution in [-0.4, -0.2) is 0 Å². The van der Waals surface area contributed by atoms with Crippen molar-refractivity contribution in [1.29, 1.82) is 0 Å². The predicted octanol–water partition coefficient (Wildman–Crippen LogP) is 4.97. The van der Waals surface area contributed by atoms with E-state index in [4.69, 9.17) is 0 Å². The zero-order valence-corrected chi connectivity index (χ0v) is 11.8. The van der Waals surface area contributed by atoms with Gasteiger partial charge < -0.3 is 0 Å². The second kappa shape index (κ2) is 4.08. The molecule has 0 fully saturated rings. The Balaban J connectivity index is 2.53. The summed E-state index contributed by atoms with van der Waals surface area (Å²) in [6, 6.07) is 19.8. The van der Waals surface area contributed by atoms with Crippen molar-refractivity contribution in [2.24, 2.45) is 0 Å². The van der Waals surface area contributed by atoms with Gasteiger partial charge in [-0.05, 0) is 56.9 Å². The number of benzene rings is 4. The minimum atomic E-state index is 1.33. The van der Waals surface area contributed by atoms with Crippen LogP contribution >= 0.6 is 0 Å². The Morgan fingerprint density at radius 2 is 1.30 bits per heavy atom. The average molecular weight is 256 g/mol. The summed E-state index contributed by atoms with van der Waals surface area (Å²) in [7, 11) is 0. The van der Waals surface area contributed by atoms with Gasteiger partial charge >= 0.3 is 0 Å². The first kappa shape index (κ1) is 11.5. The second-order valence-electron chi connectivity index (χ2n) is 5.41. The molecule has 0 aliphatic heterocycles. The summed E-state index contributed by atoms with van der Waals surface area (Å²) in [6.45, 7) is 4.34. The van der Waals surface area contributed by atoms with Gasteiger partial charge in [-0.25, -0.2) is 0 Å². The molecule has 0 heterocycles. The third-order valence-electron chi connectivity index (χ3n) is 4.32. The minimum absolute atomic E-state index is 1.33. The van der Waals surface area contributed by atoms with E-state index < -0.39 is 0 Å². The molecular weight excluding hydrogens is 240 g/mol. The molecule has 20 heavy (non-hydrogen) atoms. The van der Waals surface area contributed by atoms with Crippen LogP contribution < -0.4 is 5.22 Å². The van der Waals surface area contributed by atoms with Crippen LogP contribution in [0.4, 0.5) is 0 Å². The summed E-state index contributed by atoms with van der Waals surface area (Å²) in [5, 5.41) is 9.56. The SMILES string of the molecule is C/C=c1/c2cccc3cccc(c4cccc(C)c14)c32. The number of aryl methyl sites for hydroxylation is 1. The highest BCUT2D eigenvalue weighted by molar-refractivity contribution is 6.22. The van der Waals surface area contributed by atoms with E-state index in [1.165, 1.54) is 43.1 Å². The van der Waals surface area contributed by atoms with Crippen LogP contribution in [0.25, 0.3) is 38.4 Å². The van der Waals surface area contributed by atoms with Gasteiger partial charge in [-0.1, -0.05) is 60.7 Å². The molecule has 4 aromatic carbocycles. The van der Waals surface area contributed by atoms with Gasteiger partial charge in [0.2, 0.25) is 0 Å². The van der Waals surface area contributed by atoms with Crippen molar-refractivity contribution in [2.45, 2.75) is 13.8 Å². The number of hydrogen-bond acceptors (Lipinski definition) is 0. The zero-order valence-electron chi connectivity index (χ0n) is 11.8. The summed E-state index contributed by atoms with van der Waals surface area (Å²) in [5.41, 5.74) is 1.35. The van der Waals surface area contributed by atoms with Crippen molar-refractivity contribution in [2.75, 3.05) is 0 Å². The predicted molar refractivity (Wildman–Crippen MR) is 89.1 cm³/mol. The van der Waals surface area contributed by atoms with Gasteiger partial charge in [0.25, 0.3) is 0 Å². The number of fused-ring (bicyclic) bond motifs is 2. The average Bonchev–Trinajstić information content (AvgIpc) is 2.49. The highest BCUT2D eigenvalue weighted by atomic mass is 14.1. The minimum Gasteiger partial charge on any atom is -0.0791 e. The Morgan fingerprint density at radius 1 is 0.700 bits per heavy atom. The maximum absolute atomic E-state index is 2.25. The zero-order chi connectivity index (χ0) is 13.7. The quantitative estimate of drug-likeness (QED) is 0.308. The Labute approximate surface area is 118 Å². The highest BCUT2D eigenvalue weighted by Gasteiger charge is 2.09. The van der Waals surface area contributed by atoms with Crippen LogP contribution in [0.15, 0.2) is 54.6 Å². The molecule has 0 atom stereocenters. The van der Waals surface area contributed by atoms with E-state index in [9.17, 15) is 0 Å². The Kier molecular flexibility index (Phi) is 2.34. The summed E-state index contributed by atoms with van der Waals surface area (Å²) < 4.78 is 0. The van der Waals surface area contributed by atoms with Crippen molar-refractivity contribution < 1.29 is 0 Å². The molecule has 4 rings (SSSR count). The van der Waals surface area contributed by atoms with Gasteiger partial charge in [-0.2, -0.15) is 0 Å². The fourth-order valence-corrected chi connectivity index (χ4v) is 3.47. The molecule has 4 aromatic rings. The summed E-state index contributed by atoms with van der Waals surface area (Å²) >= 11 is 0. The monoisotopic (exact) mass is 256 g/mol. The maximum atomic E-state index is 2.25. The lowest BCUT2D eigenvalue weighted by atomic mass is 9.91. The lowest BCUT2D eigenvalue weighted by Gasteiger charge is -2.12. The standard InChI is InChI=1S/C20H16/c1-3-15-16-11-5-8-14-9-6-12-18(20(14)16)17-10-4-7-13(2)19(15)17/h3-12H,1-2H3/b15-3-. The van der Waals surface area contributed by atoms with Crippen molar-refractivity contribution in [1.82, 2.24) is 0 Å². The summed E-state index contributed by atoms with van der Waals surface area (Å²) in [5.74, 6) is 0. The first-order chi connectivity index (χ1) is 9.81.